The number of carbonyl (C=O) groups excluding carboxylic acids is 3. The van der Waals surface area contributed by atoms with E-state index in [0.717, 1.165) is 0 Å². The summed E-state index contributed by atoms with van der Waals surface area (Å²) in [6.45, 7) is 5.44. The van der Waals surface area contributed by atoms with Crippen LogP contribution in [0.2, 0.25) is 5.02 Å². The number of aromatic nitrogens is 2. The van der Waals surface area contributed by atoms with Gasteiger partial charge in [-0.25, -0.2) is 9.37 Å². The van der Waals surface area contributed by atoms with Crippen LogP contribution in [0.4, 0.5) is 10.1 Å². The molecule has 0 saturated carbocycles. The summed E-state index contributed by atoms with van der Waals surface area (Å²) in [4.78, 5) is 42.9. The molecular weight excluding hydrogens is 451 g/mol. The van der Waals surface area contributed by atoms with E-state index in [4.69, 9.17) is 16.0 Å². The molecule has 3 heterocycles. The summed E-state index contributed by atoms with van der Waals surface area (Å²) in [6.07, 6.45) is 2.69. The Morgan fingerprint density at radius 1 is 1.27 bits per heavy atom. The van der Waals surface area contributed by atoms with Crippen molar-refractivity contribution in [1.82, 2.24) is 14.9 Å². The summed E-state index contributed by atoms with van der Waals surface area (Å²) in [6, 6.07) is 3.57. The van der Waals surface area contributed by atoms with Crippen molar-refractivity contribution in [1.29, 1.82) is 0 Å². The monoisotopic (exact) mass is 472 g/mol. The van der Waals surface area contributed by atoms with Crippen LogP contribution in [-0.4, -0.2) is 27.1 Å². The fourth-order valence-corrected chi connectivity index (χ4v) is 4.30. The van der Waals surface area contributed by atoms with Crippen LogP contribution in [0, 0.1) is 19.7 Å². The second kappa shape index (κ2) is 8.82. The molecule has 8 nitrogen and oxygen atoms in total. The third-order valence-electron chi connectivity index (χ3n) is 5.53. The number of hydrogen-bond acceptors (Lipinski definition) is 5. The molecule has 0 fully saturated rings. The molecule has 3 aromatic rings. The molecule has 172 valence electrons. The molecule has 33 heavy (non-hydrogen) atoms. The molecule has 0 bridgehead atoms. The average molecular weight is 473 g/mol. The number of hydrogen-bond donors (Lipinski definition) is 2. The zero-order valence-electron chi connectivity index (χ0n) is 18.3. The maximum atomic E-state index is 13.5. The van der Waals surface area contributed by atoms with Crippen LogP contribution in [0.3, 0.4) is 0 Å². The number of fused-ring (bicyclic) bond motifs is 1. The van der Waals surface area contributed by atoms with Crippen LogP contribution in [0.5, 0.6) is 0 Å². The van der Waals surface area contributed by atoms with Crippen molar-refractivity contribution < 1.29 is 23.2 Å². The Hall–Kier alpha value is -3.46. The normalized spacial score (nSPS) is 13.5. The van der Waals surface area contributed by atoms with Gasteiger partial charge in [-0.2, -0.15) is 0 Å². The highest BCUT2D eigenvalue weighted by molar-refractivity contribution is 6.48. The molecule has 1 aliphatic heterocycles. The molecule has 1 atom stereocenters. The molecular formula is C23H22ClFN4O4. The lowest BCUT2D eigenvalue weighted by Crippen LogP contribution is -2.34. The summed E-state index contributed by atoms with van der Waals surface area (Å²) < 4.78 is 20.4. The maximum absolute atomic E-state index is 13.5. The Labute approximate surface area is 194 Å². The number of rotatable bonds is 6. The summed E-state index contributed by atoms with van der Waals surface area (Å²) in [5.74, 6) is -2.37. The molecule has 0 unspecified atom stereocenters. The molecule has 10 heteroatoms. The van der Waals surface area contributed by atoms with Crippen molar-refractivity contribution in [2.75, 3.05) is 5.32 Å². The molecule has 0 spiro atoms. The quantitative estimate of drug-likeness (QED) is 0.414. The number of nitrogens with one attached hydrogen (secondary N) is 2. The van der Waals surface area contributed by atoms with Gasteiger partial charge in [0.25, 0.3) is 17.6 Å². The Kier molecular flexibility index (Phi) is 6.07. The molecule has 0 radical (unpaired) electrons. The van der Waals surface area contributed by atoms with Gasteiger partial charge in [0.2, 0.25) is 5.89 Å². The Morgan fingerprint density at radius 2 is 2.03 bits per heavy atom. The number of oxazole rings is 1. The Balaban J connectivity index is 1.60. The van der Waals surface area contributed by atoms with Gasteiger partial charge in [-0.3, -0.25) is 14.4 Å². The minimum absolute atomic E-state index is 0.0297. The third kappa shape index (κ3) is 4.28. The van der Waals surface area contributed by atoms with Gasteiger partial charge in [-0.1, -0.05) is 11.6 Å². The zero-order chi connectivity index (χ0) is 23.9. The number of nitrogens with zero attached hydrogens (tertiary/aromatic N) is 2. The predicted molar refractivity (Wildman–Crippen MR) is 119 cm³/mol. The minimum Gasteiger partial charge on any atom is -0.446 e. The van der Waals surface area contributed by atoms with Gasteiger partial charge in [-0.15, -0.1) is 0 Å². The van der Waals surface area contributed by atoms with Crippen molar-refractivity contribution in [3.05, 3.63) is 69.4 Å². The average Bonchev–Trinajstić information content (AvgIpc) is 3.46. The van der Waals surface area contributed by atoms with E-state index >= 15 is 0 Å². The summed E-state index contributed by atoms with van der Waals surface area (Å²) >= 11 is 6.49. The van der Waals surface area contributed by atoms with Crippen molar-refractivity contribution in [3.63, 3.8) is 0 Å². The van der Waals surface area contributed by atoms with Gasteiger partial charge in [0, 0.05) is 17.9 Å². The van der Waals surface area contributed by atoms with Crippen LogP contribution in [-0.2, 0) is 17.8 Å². The van der Waals surface area contributed by atoms with E-state index in [1.807, 2.05) is 0 Å². The number of benzene rings is 1. The third-order valence-corrected chi connectivity index (χ3v) is 5.89. The number of amides is 2. The van der Waals surface area contributed by atoms with Crippen LogP contribution in [0.15, 0.2) is 28.9 Å². The summed E-state index contributed by atoms with van der Waals surface area (Å²) in [5, 5.41) is 5.18. The summed E-state index contributed by atoms with van der Waals surface area (Å²) in [7, 11) is 0. The molecule has 0 aliphatic carbocycles. The van der Waals surface area contributed by atoms with Crippen LogP contribution in [0.25, 0.3) is 0 Å². The Morgan fingerprint density at radius 3 is 2.70 bits per heavy atom. The van der Waals surface area contributed by atoms with E-state index in [1.54, 1.807) is 25.3 Å². The first-order valence-electron chi connectivity index (χ1n) is 10.4. The standard InChI is InChI=1S/C23H22ClFN4O4/c1-11-9-14(6-7-15(11)25)28-21(31)17-16-5-4-8-29(16)19(18(17)24)20(30)22(32)27-13(3)23-26-12(2)10-33-23/h6-7,9-10,13H,4-5,8H2,1-3H3,(H,27,32)(H,28,31)/t13-/m1/s1. The summed E-state index contributed by atoms with van der Waals surface area (Å²) in [5.41, 5.74) is 2.12. The second-order valence-corrected chi connectivity index (χ2v) is 8.39. The molecule has 2 N–H and O–H groups in total. The molecule has 2 amide bonds. The lowest BCUT2D eigenvalue weighted by Gasteiger charge is -2.11. The van der Waals surface area contributed by atoms with Crippen molar-refractivity contribution in [2.45, 2.75) is 46.2 Å². The van der Waals surface area contributed by atoms with E-state index in [0.29, 0.717) is 42.0 Å². The molecule has 4 rings (SSSR count). The first-order valence-corrected chi connectivity index (χ1v) is 10.8. The van der Waals surface area contributed by atoms with Gasteiger partial charge in [-0.05, 0) is 57.4 Å². The fraction of sp³-hybridized carbons (Fsp3) is 0.304. The van der Waals surface area contributed by atoms with E-state index in [2.05, 4.69) is 15.6 Å². The lowest BCUT2D eigenvalue weighted by atomic mass is 10.1. The molecule has 0 saturated heterocycles. The van der Waals surface area contributed by atoms with Crippen LogP contribution < -0.4 is 10.6 Å². The number of Topliss-reactive ketones (excluding diaryl/α,β-unsaturated/α-hetero) is 1. The number of carbonyl (C=O) groups is 3. The second-order valence-electron chi connectivity index (χ2n) is 8.01. The highest BCUT2D eigenvalue weighted by Gasteiger charge is 2.35. The zero-order valence-corrected chi connectivity index (χ0v) is 19.0. The minimum atomic E-state index is -0.881. The van der Waals surface area contributed by atoms with E-state index in [1.165, 1.54) is 24.5 Å². The van der Waals surface area contributed by atoms with Gasteiger partial charge in [0.1, 0.15) is 23.8 Å². The number of ketones is 1. The van der Waals surface area contributed by atoms with Crippen LogP contribution in [0.1, 0.15) is 63.1 Å². The maximum Gasteiger partial charge on any atom is 0.294 e. The van der Waals surface area contributed by atoms with Gasteiger partial charge >= 0.3 is 0 Å². The highest BCUT2D eigenvalue weighted by Crippen LogP contribution is 2.34. The van der Waals surface area contributed by atoms with Gasteiger partial charge in [0.15, 0.2) is 0 Å². The number of anilines is 1. The predicted octanol–water partition coefficient (Wildman–Crippen LogP) is 4.14. The van der Waals surface area contributed by atoms with Crippen molar-refractivity contribution >= 4 is 34.9 Å². The van der Waals surface area contributed by atoms with Crippen LogP contribution >= 0.6 is 11.6 Å². The fourth-order valence-electron chi connectivity index (χ4n) is 3.92. The number of halogens is 2. The van der Waals surface area contributed by atoms with Crippen molar-refractivity contribution in [3.8, 4) is 0 Å². The van der Waals surface area contributed by atoms with E-state index in [-0.39, 0.29) is 28.0 Å². The molecule has 1 aliphatic rings. The Bertz CT molecular complexity index is 1280. The largest absolute Gasteiger partial charge is 0.446 e. The number of aryl methyl sites for hydroxylation is 2. The topological polar surface area (TPSA) is 106 Å². The van der Waals surface area contributed by atoms with Gasteiger partial charge < -0.3 is 19.6 Å². The first kappa shape index (κ1) is 22.7. The van der Waals surface area contributed by atoms with E-state index < -0.39 is 23.6 Å². The smallest absolute Gasteiger partial charge is 0.294 e. The lowest BCUT2D eigenvalue weighted by molar-refractivity contribution is -0.117. The van der Waals surface area contributed by atoms with Crippen molar-refractivity contribution in [2.24, 2.45) is 0 Å². The molecule has 1 aromatic carbocycles. The highest BCUT2D eigenvalue weighted by atomic mass is 35.5. The van der Waals surface area contributed by atoms with E-state index in [9.17, 15) is 18.8 Å². The molecule has 2 aromatic heterocycles. The SMILES string of the molecule is Cc1coc([C@@H](C)NC(=O)C(=O)c2c(Cl)c(C(=O)Nc3ccc(F)c(C)c3)c3n2CCC3)n1. The first-order chi connectivity index (χ1) is 15.7. The van der Waals surface area contributed by atoms with Gasteiger partial charge in [0.05, 0.1) is 16.3 Å².